The number of hydrogen-bond donors (Lipinski definition) is 1. The molecule has 0 amide bonds. The van der Waals surface area contributed by atoms with Crippen molar-refractivity contribution in [3.63, 3.8) is 0 Å². The van der Waals surface area contributed by atoms with Crippen LogP contribution in [0.25, 0.3) is 22.4 Å². The van der Waals surface area contributed by atoms with Crippen molar-refractivity contribution in [2.24, 2.45) is 0 Å². The summed E-state index contributed by atoms with van der Waals surface area (Å²) in [6.45, 7) is 1.11. The Hall–Kier alpha value is -1.91. The first-order chi connectivity index (χ1) is 10.2. The molecular weight excluding hydrogens is 311 g/mol. The lowest BCUT2D eigenvalue weighted by atomic mass is 10.2. The third-order valence-corrected chi connectivity index (χ3v) is 4.17. The highest BCUT2D eigenvalue weighted by Gasteiger charge is 2.16. The second kappa shape index (κ2) is 4.83. The second-order valence-electron chi connectivity index (χ2n) is 4.70. The van der Waals surface area contributed by atoms with E-state index < -0.39 is 0 Å². The molecule has 1 aliphatic heterocycles. The lowest BCUT2D eigenvalue weighted by molar-refractivity contribution is 0.172. The molecule has 2 heterocycles. The molecule has 0 spiro atoms. The first-order valence-corrected chi connectivity index (χ1v) is 7.22. The number of aromatic amines is 1. The van der Waals surface area contributed by atoms with Gasteiger partial charge in [0.1, 0.15) is 19.0 Å². The van der Waals surface area contributed by atoms with E-state index in [1.807, 2.05) is 24.3 Å². The van der Waals surface area contributed by atoms with Crippen LogP contribution in [0.15, 0.2) is 30.3 Å². The fourth-order valence-electron chi connectivity index (χ4n) is 2.36. The van der Waals surface area contributed by atoms with Crippen LogP contribution in [0.5, 0.6) is 11.5 Å². The number of aromatic nitrogens is 2. The van der Waals surface area contributed by atoms with Gasteiger partial charge in [-0.3, -0.25) is 0 Å². The maximum Gasteiger partial charge on any atom is 0.163 e. The van der Waals surface area contributed by atoms with Crippen LogP contribution in [0.4, 0.5) is 0 Å². The van der Waals surface area contributed by atoms with Crippen LogP contribution < -0.4 is 9.47 Å². The molecule has 21 heavy (non-hydrogen) atoms. The van der Waals surface area contributed by atoms with E-state index in [1.165, 1.54) is 0 Å². The summed E-state index contributed by atoms with van der Waals surface area (Å²) in [7, 11) is 0. The van der Waals surface area contributed by atoms with Crippen LogP contribution in [0, 0.1) is 0 Å². The summed E-state index contributed by atoms with van der Waals surface area (Å²) in [5, 5.41) is 0.982. The summed E-state index contributed by atoms with van der Waals surface area (Å²) in [4.78, 5) is 7.80. The van der Waals surface area contributed by atoms with E-state index >= 15 is 0 Å². The number of imidazole rings is 1. The molecule has 1 aromatic heterocycles. The molecule has 0 aliphatic carbocycles. The Balaban J connectivity index is 1.89. The number of nitrogens with one attached hydrogen (secondary N) is 1. The molecule has 106 valence electrons. The van der Waals surface area contributed by atoms with Gasteiger partial charge in [-0.05, 0) is 12.1 Å². The summed E-state index contributed by atoms with van der Waals surface area (Å²) in [5.74, 6) is 2.10. The lowest BCUT2D eigenvalue weighted by Gasteiger charge is -2.17. The molecule has 0 saturated carbocycles. The molecule has 6 heteroatoms. The number of nitrogens with zero attached hydrogens (tertiary/aromatic N) is 1. The third kappa shape index (κ3) is 2.11. The zero-order chi connectivity index (χ0) is 14.4. The molecule has 3 aromatic rings. The maximum atomic E-state index is 6.24. The molecule has 2 aromatic carbocycles. The number of fused-ring (bicyclic) bond motifs is 2. The molecular formula is C15H10Cl2N2O2. The number of hydrogen-bond acceptors (Lipinski definition) is 3. The fraction of sp³-hybridized carbons (Fsp3) is 0.133. The average molecular weight is 321 g/mol. The minimum atomic E-state index is 0.482. The van der Waals surface area contributed by atoms with Gasteiger partial charge < -0.3 is 14.5 Å². The van der Waals surface area contributed by atoms with Crippen molar-refractivity contribution in [2.45, 2.75) is 0 Å². The predicted molar refractivity (Wildman–Crippen MR) is 82.5 cm³/mol. The maximum absolute atomic E-state index is 6.24. The minimum absolute atomic E-state index is 0.482. The molecule has 0 radical (unpaired) electrons. The molecule has 1 aliphatic rings. The summed E-state index contributed by atoms with van der Waals surface area (Å²) in [5.41, 5.74) is 2.43. The number of benzene rings is 2. The number of H-pyrrole nitrogens is 1. The first-order valence-electron chi connectivity index (χ1n) is 6.46. The molecule has 0 bridgehead atoms. The molecule has 0 saturated heterocycles. The van der Waals surface area contributed by atoms with Gasteiger partial charge in [0.2, 0.25) is 0 Å². The SMILES string of the molecule is Clc1cccc(-c2nc3cc4c(cc3[nH]2)OCCO4)c1Cl. The highest BCUT2D eigenvalue weighted by atomic mass is 35.5. The van der Waals surface area contributed by atoms with Gasteiger partial charge in [0.15, 0.2) is 11.5 Å². The van der Waals surface area contributed by atoms with Crippen molar-refractivity contribution < 1.29 is 9.47 Å². The van der Waals surface area contributed by atoms with Gasteiger partial charge in [0.05, 0.1) is 21.1 Å². The van der Waals surface area contributed by atoms with Crippen LogP contribution >= 0.6 is 23.2 Å². The highest BCUT2D eigenvalue weighted by Crippen LogP contribution is 2.37. The van der Waals surface area contributed by atoms with E-state index in [1.54, 1.807) is 6.07 Å². The number of halogens is 2. The Morgan fingerprint density at radius 1 is 1.05 bits per heavy atom. The van der Waals surface area contributed by atoms with Crippen LogP contribution in [-0.4, -0.2) is 23.2 Å². The number of rotatable bonds is 1. The van der Waals surface area contributed by atoms with Crippen LogP contribution in [-0.2, 0) is 0 Å². The van der Waals surface area contributed by atoms with E-state index in [9.17, 15) is 0 Å². The predicted octanol–water partition coefficient (Wildman–Crippen LogP) is 4.31. The van der Waals surface area contributed by atoms with Gasteiger partial charge in [0, 0.05) is 17.7 Å². The van der Waals surface area contributed by atoms with Gasteiger partial charge >= 0.3 is 0 Å². The molecule has 0 fully saturated rings. The Kier molecular flexibility index (Phi) is 2.94. The normalized spacial score (nSPS) is 13.6. The van der Waals surface area contributed by atoms with Crippen molar-refractivity contribution in [1.82, 2.24) is 9.97 Å². The number of ether oxygens (including phenoxy) is 2. The monoisotopic (exact) mass is 320 g/mol. The smallest absolute Gasteiger partial charge is 0.163 e. The Bertz CT molecular complexity index is 802. The minimum Gasteiger partial charge on any atom is -0.486 e. The topological polar surface area (TPSA) is 47.1 Å². The summed E-state index contributed by atoms with van der Waals surface area (Å²) in [6, 6.07) is 9.21. The van der Waals surface area contributed by atoms with Crippen LogP contribution in [0.1, 0.15) is 0 Å². The summed E-state index contributed by atoms with van der Waals surface area (Å²) in [6.07, 6.45) is 0. The summed E-state index contributed by atoms with van der Waals surface area (Å²) >= 11 is 12.3. The molecule has 1 N–H and O–H groups in total. The zero-order valence-electron chi connectivity index (χ0n) is 10.8. The van der Waals surface area contributed by atoms with E-state index in [-0.39, 0.29) is 0 Å². The fourth-order valence-corrected chi connectivity index (χ4v) is 2.75. The standard InChI is InChI=1S/C15H10Cl2N2O2/c16-9-3-1-2-8(14(9)17)15-18-10-6-12-13(7-11(10)19-15)21-5-4-20-12/h1-3,6-7H,4-5H2,(H,18,19). The largest absolute Gasteiger partial charge is 0.486 e. The van der Waals surface area contributed by atoms with Gasteiger partial charge in [-0.25, -0.2) is 4.98 Å². The van der Waals surface area contributed by atoms with Crippen LogP contribution in [0.2, 0.25) is 10.0 Å². The Labute approximate surface area is 130 Å². The van der Waals surface area contributed by atoms with Gasteiger partial charge in [-0.2, -0.15) is 0 Å². The van der Waals surface area contributed by atoms with Crippen LogP contribution in [0.3, 0.4) is 0 Å². The molecule has 4 nitrogen and oxygen atoms in total. The van der Waals surface area contributed by atoms with Crippen molar-refractivity contribution in [1.29, 1.82) is 0 Å². The van der Waals surface area contributed by atoms with Gasteiger partial charge in [-0.15, -0.1) is 0 Å². The zero-order valence-corrected chi connectivity index (χ0v) is 12.3. The third-order valence-electron chi connectivity index (χ3n) is 3.35. The quantitative estimate of drug-likeness (QED) is 0.726. The molecule has 4 rings (SSSR count). The average Bonchev–Trinajstić information content (AvgIpc) is 2.90. The Morgan fingerprint density at radius 3 is 2.62 bits per heavy atom. The van der Waals surface area contributed by atoms with Crippen molar-refractivity contribution in [3.05, 3.63) is 40.4 Å². The van der Waals surface area contributed by atoms with E-state index in [0.29, 0.717) is 34.8 Å². The van der Waals surface area contributed by atoms with Gasteiger partial charge in [-0.1, -0.05) is 29.3 Å². The van der Waals surface area contributed by atoms with E-state index in [2.05, 4.69) is 9.97 Å². The molecule has 0 atom stereocenters. The first kappa shape index (κ1) is 12.8. The highest BCUT2D eigenvalue weighted by molar-refractivity contribution is 6.43. The van der Waals surface area contributed by atoms with E-state index in [4.69, 9.17) is 32.7 Å². The van der Waals surface area contributed by atoms with Crippen molar-refractivity contribution >= 4 is 34.2 Å². The summed E-state index contributed by atoms with van der Waals surface area (Å²) < 4.78 is 11.1. The van der Waals surface area contributed by atoms with Gasteiger partial charge in [0.25, 0.3) is 0 Å². The van der Waals surface area contributed by atoms with E-state index in [0.717, 1.165) is 22.3 Å². The lowest BCUT2D eigenvalue weighted by Crippen LogP contribution is -2.15. The van der Waals surface area contributed by atoms with Crippen molar-refractivity contribution in [2.75, 3.05) is 13.2 Å². The second-order valence-corrected chi connectivity index (χ2v) is 5.48. The van der Waals surface area contributed by atoms with Crippen molar-refractivity contribution in [3.8, 4) is 22.9 Å². The molecule has 0 unspecified atom stereocenters. The Morgan fingerprint density at radius 2 is 1.81 bits per heavy atom.